The maximum atomic E-state index is 13.2. The van der Waals surface area contributed by atoms with E-state index >= 15 is 0 Å². The molecule has 2 rings (SSSR count). The Kier molecular flexibility index (Phi) is 8.46. The van der Waals surface area contributed by atoms with Gasteiger partial charge in [0.25, 0.3) is 0 Å². The fourth-order valence-corrected chi connectivity index (χ4v) is 5.09. The highest BCUT2D eigenvalue weighted by Crippen LogP contribution is 2.54. The van der Waals surface area contributed by atoms with Crippen LogP contribution in [0.25, 0.3) is 0 Å². The van der Waals surface area contributed by atoms with Gasteiger partial charge in [-0.15, -0.1) is 0 Å². The van der Waals surface area contributed by atoms with Crippen LogP contribution in [0.5, 0.6) is 0 Å². The molecule has 3 nitrogen and oxygen atoms in total. The number of allylic oxidation sites excluding steroid dienone is 8. The molecule has 30 heavy (non-hydrogen) atoms. The van der Waals surface area contributed by atoms with Gasteiger partial charge in [0.1, 0.15) is 5.76 Å². The van der Waals surface area contributed by atoms with E-state index < -0.39 is 5.92 Å². The normalized spacial score (nSPS) is 28.7. The smallest absolute Gasteiger partial charge is 0.170 e. The minimum Gasteiger partial charge on any atom is -0.500 e. The van der Waals surface area contributed by atoms with E-state index in [1.165, 1.54) is 16.7 Å². The number of hydrogen-bond acceptors (Lipinski definition) is 3. The van der Waals surface area contributed by atoms with Crippen LogP contribution in [0.3, 0.4) is 0 Å². The maximum Gasteiger partial charge on any atom is 0.170 e. The van der Waals surface area contributed by atoms with E-state index in [-0.39, 0.29) is 22.9 Å². The molecule has 0 aliphatic heterocycles. The second-order valence-electron chi connectivity index (χ2n) is 9.91. The van der Waals surface area contributed by atoms with E-state index in [2.05, 4.69) is 59.8 Å². The largest absolute Gasteiger partial charge is 0.500 e. The lowest BCUT2D eigenvalue weighted by Crippen LogP contribution is -2.53. The molecule has 2 aliphatic rings. The average Bonchev–Trinajstić information content (AvgIpc) is 2.64. The summed E-state index contributed by atoms with van der Waals surface area (Å²) in [5.41, 5.74) is 3.70. The molecule has 0 spiro atoms. The highest BCUT2D eigenvalue weighted by atomic mass is 16.5. The van der Waals surface area contributed by atoms with Crippen LogP contribution in [0, 0.1) is 23.2 Å². The molecule has 0 amide bonds. The zero-order valence-corrected chi connectivity index (χ0v) is 20.0. The first kappa shape index (κ1) is 24.4. The summed E-state index contributed by atoms with van der Waals surface area (Å²) in [6.07, 6.45) is 14.0. The molecule has 1 fully saturated rings. The number of rotatable bonds is 9. The first-order chi connectivity index (χ1) is 14.1. The van der Waals surface area contributed by atoms with Crippen LogP contribution in [0.2, 0.25) is 0 Å². The van der Waals surface area contributed by atoms with Crippen molar-refractivity contribution in [2.75, 3.05) is 7.11 Å². The molecular formula is C27H40O3. The second-order valence-corrected chi connectivity index (χ2v) is 9.91. The van der Waals surface area contributed by atoms with Crippen LogP contribution >= 0.6 is 0 Å². The van der Waals surface area contributed by atoms with Crippen molar-refractivity contribution in [1.29, 1.82) is 0 Å². The zero-order chi connectivity index (χ0) is 22.5. The lowest BCUT2D eigenvalue weighted by molar-refractivity contribution is -0.148. The molecular weight excluding hydrogens is 372 g/mol. The van der Waals surface area contributed by atoms with Gasteiger partial charge in [-0.2, -0.15) is 0 Å². The SMILES string of the molecule is COC1=CC(=O)[C@H]2C(=O)[C@@H]1C[C@H](CC=C(C)C)[C@@]2(C)CC/C=C(\C)CCC=C(C)C. The lowest BCUT2D eigenvalue weighted by atomic mass is 9.52. The number of Topliss-reactive ketones (excluding diaryl/α,β-unsaturated/α-hetero) is 1. The molecule has 0 radical (unpaired) electrons. The first-order valence-corrected chi connectivity index (χ1v) is 11.4. The number of methoxy groups -OCH3 is 1. The molecule has 2 bridgehead atoms. The number of ether oxygens (including phenoxy) is 1. The fraction of sp³-hybridized carbons (Fsp3) is 0.630. The molecule has 0 N–H and O–H groups in total. The summed E-state index contributed by atoms with van der Waals surface area (Å²) in [5, 5.41) is 0. The number of fused-ring (bicyclic) bond motifs is 2. The number of hydrogen-bond donors (Lipinski definition) is 0. The van der Waals surface area contributed by atoms with E-state index in [0.717, 1.165) is 38.5 Å². The van der Waals surface area contributed by atoms with Crippen molar-refractivity contribution >= 4 is 11.6 Å². The quantitative estimate of drug-likeness (QED) is 0.310. The van der Waals surface area contributed by atoms with Crippen LogP contribution < -0.4 is 0 Å². The lowest BCUT2D eigenvalue weighted by Gasteiger charge is -2.50. The third-order valence-corrected chi connectivity index (χ3v) is 6.97. The van der Waals surface area contributed by atoms with Crippen LogP contribution in [0.1, 0.15) is 80.1 Å². The van der Waals surface area contributed by atoms with Crippen molar-refractivity contribution in [1.82, 2.24) is 0 Å². The van der Waals surface area contributed by atoms with Gasteiger partial charge in [-0.25, -0.2) is 0 Å². The molecule has 0 aromatic rings. The number of ketones is 2. The number of carbonyl (C=O) groups excluding carboxylic acids is 2. The molecule has 2 aliphatic carbocycles. The standard InChI is InChI=1S/C27H40O3/c1-18(2)10-8-11-20(5)12-9-15-27(6)21(14-13-19(3)4)16-22-24(30-7)17-23(28)25(27)26(22)29/h10,12-13,17,21-22,25H,8-9,11,14-16H2,1-7H3/b20-12+/t21-,22+,25-,27+/m0/s1. The van der Waals surface area contributed by atoms with Crippen LogP contribution in [0.15, 0.2) is 46.8 Å². The Labute approximate surface area is 183 Å². The minimum absolute atomic E-state index is 0.0678. The van der Waals surface area contributed by atoms with Crippen molar-refractivity contribution in [3.05, 3.63) is 46.8 Å². The molecule has 4 atom stereocenters. The summed E-state index contributed by atoms with van der Waals surface area (Å²) in [6, 6.07) is 0. The monoisotopic (exact) mass is 412 g/mol. The Morgan fingerprint density at radius 2 is 1.73 bits per heavy atom. The van der Waals surface area contributed by atoms with Crippen molar-refractivity contribution in [2.24, 2.45) is 23.2 Å². The Bertz CT molecular complexity index is 772. The van der Waals surface area contributed by atoms with Gasteiger partial charge in [-0.05, 0) is 84.5 Å². The van der Waals surface area contributed by atoms with Crippen LogP contribution in [-0.2, 0) is 14.3 Å². The van der Waals surface area contributed by atoms with Crippen molar-refractivity contribution in [2.45, 2.75) is 80.1 Å². The highest BCUT2D eigenvalue weighted by Gasteiger charge is 2.56. The summed E-state index contributed by atoms with van der Waals surface area (Å²) in [4.78, 5) is 26.2. The molecule has 0 heterocycles. The van der Waals surface area contributed by atoms with Crippen LogP contribution in [0.4, 0.5) is 0 Å². The number of carbonyl (C=O) groups is 2. The van der Waals surface area contributed by atoms with Gasteiger partial charge in [0.05, 0.1) is 18.9 Å². The zero-order valence-electron chi connectivity index (χ0n) is 20.0. The van der Waals surface area contributed by atoms with E-state index in [4.69, 9.17) is 4.74 Å². The van der Waals surface area contributed by atoms with Gasteiger partial charge >= 0.3 is 0 Å². The summed E-state index contributed by atoms with van der Waals surface area (Å²) >= 11 is 0. The van der Waals surface area contributed by atoms with Crippen molar-refractivity contribution in [3.63, 3.8) is 0 Å². The Hall–Kier alpha value is -1.90. The van der Waals surface area contributed by atoms with E-state index in [0.29, 0.717) is 11.7 Å². The molecule has 1 saturated carbocycles. The third-order valence-electron chi connectivity index (χ3n) is 6.97. The van der Waals surface area contributed by atoms with Gasteiger partial charge in [-0.1, -0.05) is 41.9 Å². The molecule has 3 heteroatoms. The predicted octanol–water partition coefficient (Wildman–Crippen LogP) is 6.76. The van der Waals surface area contributed by atoms with E-state index in [9.17, 15) is 9.59 Å². The fourth-order valence-electron chi connectivity index (χ4n) is 5.09. The molecule has 0 aromatic carbocycles. The average molecular weight is 413 g/mol. The Morgan fingerprint density at radius 1 is 1.07 bits per heavy atom. The van der Waals surface area contributed by atoms with E-state index in [1.807, 2.05) is 0 Å². The third kappa shape index (κ3) is 5.62. The topological polar surface area (TPSA) is 43.4 Å². The maximum absolute atomic E-state index is 13.2. The highest BCUT2D eigenvalue weighted by molar-refractivity contribution is 6.13. The second kappa shape index (κ2) is 10.4. The van der Waals surface area contributed by atoms with Gasteiger partial charge in [0.15, 0.2) is 11.6 Å². The predicted molar refractivity (Wildman–Crippen MR) is 124 cm³/mol. The minimum atomic E-state index is -0.537. The van der Waals surface area contributed by atoms with Crippen molar-refractivity contribution < 1.29 is 14.3 Å². The molecule has 0 aromatic heterocycles. The molecule has 166 valence electrons. The van der Waals surface area contributed by atoms with Gasteiger partial charge in [0, 0.05) is 6.08 Å². The van der Waals surface area contributed by atoms with Gasteiger partial charge in [-0.3, -0.25) is 9.59 Å². The molecule has 0 unspecified atom stereocenters. The van der Waals surface area contributed by atoms with E-state index in [1.54, 1.807) is 13.2 Å². The van der Waals surface area contributed by atoms with Crippen molar-refractivity contribution in [3.8, 4) is 0 Å². The van der Waals surface area contributed by atoms with Crippen LogP contribution in [-0.4, -0.2) is 18.7 Å². The first-order valence-electron chi connectivity index (χ1n) is 11.4. The summed E-state index contributed by atoms with van der Waals surface area (Å²) in [6.45, 7) is 12.8. The van der Waals surface area contributed by atoms with Gasteiger partial charge in [0.2, 0.25) is 0 Å². The summed E-state index contributed by atoms with van der Waals surface area (Å²) in [7, 11) is 1.56. The van der Waals surface area contributed by atoms with Gasteiger partial charge < -0.3 is 4.74 Å². The molecule has 0 saturated heterocycles. The Morgan fingerprint density at radius 3 is 2.33 bits per heavy atom. The Balaban J connectivity index is 2.24. The summed E-state index contributed by atoms with van der Waals surface area (Å²) < 4.78 is 5.42. The summed E-state index contributed by atoms with van der Waals surface area (Å²) in [5.74, 6) is 0.0527.